The number of benzene rings is 1. The van der Waals surface area contributed by atoms with E-state index in [4.69, 9.17) is 10.00 Å². The van der Waals surface area contributed by atoms with E-state index in [1.54, 1.807) is 17.2 Å². The minimum absolute atomic E-state index is 0.0243. The Hall–Kier alpha value is -3.14. The number of aromatic nitrogens is 1. The van der Waals surface area contributed by atoms with Crippen LogP contribution in [0.2, 0.25) is 0 Å². The predicted molar refractivity (Wildman–Crippen MR) is 90.9 cm³/mol. The number of carbonyl (C=O) groups is 2. The third-order valence-corrected chi connectivity index (χ3v) is 4.61. The highest BCUT2D eigenvalue weighted by Crippen LogP contribution is 2.38. The Morgan fingerprint density at radius 1 is 1.40 bits per heavy atom. The first-order chi connectivity index (χ1) is 12.1. The molecule has 0 bridgehead atoms. The first-order valence-corrected chi connectivity index (χ1v) is 8.13. The summed E-state index contributed by atoms with van der Waals surface area (Å²) in [7, 11) is 0. The molecule has 2 aromatic rings. The lowest BCUT2D eigenvalue weighted by Crippen LogP contribution is -2.30. The molecule has 4 rings (SSSR count). The summed E-state index contributed by atoms with van der Waals surface area (Å²) in [5, 5.41) is 13.4. The van der Waals surface area contributed by atoms with Crippen LogP contribution in [-0.2, 0) is 9.53 Å². The van der Waals surface area contributed by atoms with Gasteiger partial charge in [-0.05, 0) is 36.9 Å². The summed E-state index contributed by atoms with van der Waals surface area (Å²) in [6.07, 6.45) is 1.93. The Morgan fingerprint density at radius 3 is 2.92 bits per heavy atom. The van der Waals surface area contributed by atoms with Crippen molar-refractivity contribution in [1.82, 2.24) is 4.98 Å². The Balaban J connectivity index is 1.60. The quantitative estimate of drug-likeness (QED) is 0.930. The molecule has 3 atom stereocenters. The van der Waals surface area contributed by atoms with Crippen molar-refractivity contribution in [2.24, 2.45) is 11.8 Å². The van der Waals surface area contributed by atoms with Crippen LogP contribution >= 0.6 is 0 Å². The van der Waals surface area contributed by atoms with Gasteiger partial charge in [-0.15, -0.1) is 0 Å². The monoisotopic (exact) mass is 336 g/mol. The topological polar surface area (TPSA) is 95.3 Å². The number of carbonyl (C=O) groups excluding carboxylic acids is 2. The normalized spacial score (nSPS) is 24.7. The van der Waals surface area contributed by atoms with Crippen LogP contribution in [0.25, 0.3) is 10.8 Å². The maximum atomic E-state index is 12.1. The highest BCUT2D eigenvalue weighted by molar-refractivity contribution is 5.98. The standard InChI is InChI=1S/C18H16N4O3/c1-10-9-25-18(24)22(10)14-3-2-11-8-20-16(6-12(11)4-14)21-17(23)15-5-13(15)7-19/h2-4,6,8,10,13,15H,5,9H2,1H3,(H,20,21,23)/t10-,13+,15-/m1/s1. The number of nitrogens with one attached hydrogen (secondary N) is 1. The number of nitriles is 1. The van der Waals surface area contributed by atoms with Gasteiger partial charge >= 0.3 is 6.09 Å². The summed E-state index contributed by atoms with van der Waals surface area (Å²) < 4.78 is 5.07. The fraction of sp³-hybridized carbons (Fsp3) is 0.333. The van der Waals surface area contributed by atoms with E-state index in [0.29, 0.717) is 18.8 Å². The van der Waals surface area contributed by atoms with Crippen LogP contribution in [0.15, 0.2) is 30.5 Å². The van der Waals surface area contributed by atoms with E-state index in [1.807, 2.05) is 25.1 Å². The molecule has 7 nitrogen and oxygen atoms in total. The number of rotatable bonds is 3. The number of ether oxygens (including phenoxy) is 1. The van der Waals surface area contributed by atoms with Crippen molar-refractivity contribution in [3.63, 3.8) is 0 Å². The molecule has 7 heteroatoms. The summed E-state index contributed by atoms with van der Waals surface area (Å²) in [6, 6.07) is 9.47. The van der Waals surface area contributed by atoms with Crippen molar-refractivity contribution in [1.29, 1.82) is 5.26 Å². The first kappa shape index (κ1) is 15.4. The molecule has 2 fully saturated rings. The van der Waals surface area contributed by atoms with E-state index >= 15 is 0 Å². The number of fused-ring (bicyclic) bond motifs is 1. The van der Waals surface area contributed by atoms with Gasteiger partial charge in [-0.2, -0.15) is 5.26 Å². The van der Waals surface area contributed by atoms with Crippen LogP contribution in [0.1, 0.15) is 13.3 Å². The van der Waals surface area contributed by atoms with Gasteiger partial charge in [0.15, 0.2) is 0 Å². The number of hydrogen-bond donors (Lipinski definition) is 1. The van der Waals surface area contributed by atoms with E-state index in [2.05, 4.69) is 16.4 Å². The summed E-state index contributed by atoms with van der Waals surface area (Å²) in [4.78, 5) is 29.8. The van der Waals surface area contributed by atoms with Gasteiger partial charge in [-0.3, -0.25) is 9.69 Å². The van der Waals surface area contributed by atoms with Gasteiger partial charge in [0.1, 0.15) is 12.4 Å². The molecular formula is C18H16N4O3. The van der Waals surface area contributed by atoms with Crippen LogP contribution in [0.5, 0.6) is 0 Å². The third-order valence-electron chi connectivity index (χ3n) is 4.61. The van der Waals surface area contributed by atoms with Gasteiger partial charge in [-0.25, -0.2) is 9.78 Å². The van der Waals surface area contributed by atoms with Crippen molar-refractivity contribution in [2.45, 2.75) is 19.4 Å². The average Bonchev–Trinajstić information content (AvgIpc) is 3.33. The lowest BCUT2D eigenvalue weighted by molar-refractivity contribution is -0.117. The molecule has 0 spiro atoms. The molecule has 2 aliphatic rings. The molecule has 1 saturated heterocycles. The maximum Gasteiger partial charge on any atom is 0.414 e. The SMILES string of the molecule is C[C@@H]1COC(=O)N1c1ccc2cnc(NC(=O)[C@@H]3C[C@H]3C#N)cc2c1. The van der Waals surface area contributed by atoms with Gasteiger partial charge in [0.2, 0.25) is 5.91 Å². The van der Waals surface area contributed by atoms with Crippen LogP contribution in [0.3, 0.4) is 0 Å². The minimum Gasteiger partial charge on any atom is -0.447 e. The first-order valence-electron chi connectivity index (χ1n) is 8.13. The molecule has 1 aromatic carbocycles. The average molecular weight is 336 g/mol. The zero-order chi connectivity index (χ0) is 17.6. The second-order valence-corrected chi connectivity index (χ2v) is 6.46. The Labute approximate surface area is 144 Å². The molecule has 0 unspecified atom stereocenters. The van der Waals surface area contributed by atoms with Crippen molar-refractivity contribution in [2.75, 3.05) is 16.8 Å². The van der Waals surface area contributed by atoms with E-state index < -0.39 is 0 Å². The smallest absolute Gasteiger partial charge is 0.414 e. The number of cyclic esters (lactones) is 1. The highest BCUT2D eigenvalue weighted by Gasteiger charge is 2.43. The fourth-order valence-electron chi connectivity index (χ4n) is 3.07. The molecule has 25 heavy (non-hydrogen) atoms. The van der Waals surface area contributed by atoms with Crippen LogP contribution in [-0.4, -0.2) is 29.6 Å². The molecule has 1 aliphatic heterocycles. The van der Waals surface area contributed by atoms with Gasteiger partial charge in [0, 0.05) is 17.3 Å². The lowest BCUT2D eigenvalue weighted by atomic mass is 10.1. The highest BCUT2D eigenvalue weighted by atomic mass is 16.6. The van der Waals surface area contributed by atoms with Crippen LogP contribution in [0.4, 0.5) is 16.3 Å². The second kappa shape index (κ2) is 5.74. The van der Waals surface area contributed by atoms with Gasteiger partial charge in [0.05, 0.1) is 23.9 Å². The summed E-state index contributed by atoms with van der Waals surface area (Å²) >= 11 is 0. The zero-order valence-electron chi connectivity index (χ0n) is 13.6. The zero-order valence-corrected chi connectivity index (χ0v) is 13.6. The van der Waals surface area contributed by atoms with E-state index in [1.165, 1.54) is 0 Å². The number of anilines is 2. The summed E-state index contributed by atoms with van der Waals surface area (Å²) in [6.45, 7) is 2.30. The number of hydrogen-bond acceptors (Lipinski definition) is 5. The molecule has 0 radical (unpaired) electrons. The number of pyridine rings is 1. The fourth-order valence-corrected chi connectivity index (χ4v) is 3.07. The number of amides is 2. The number of nitrogens with zero attached hydrogens (tertiary/aromatic N) is 3. The van der Waals surface area contributed by atoms with Crippen molar-refractivity contribution in [3.05, 3.63) is 30.5 Å². The van der Waals surface area contributed by atoms with Crippen LogP contribution in [0, 0.1) is 23.2 Å². The second-order valence-electron chi connectivity index (χ2n) is 6.46. The molecule has 1 aliphatic carbocycles. The van der Waals surface area contributed by atoms with Gasteiger partial charge in [-0.1, -0.05) is 6.07 Å². The van der Waals surface area contributed by atoms with Crippen molar-refractivity contribution >= 4 is 34.3 Å². The Morgan fingerprint density at radius 2 is 2.24 bits per heavy atom. The Bertz CT molecular complexity index is 920. The third kappa shape index (κ3) is 2.76. The molecular weight excluding hydrogens is 320 g/mol. The maximum absolute atomic E-state index is 12.1. The van der Waals surface area contributed by atoms with E-state index in [0.717, 1.165) is 16.5 Å². The predicted octanol–water partition coefficient (Wildman–Crippen LogP) is 2.68. The largest absolute Gasteiger partial charge is 0.447 e. The molecule has 126 valence electrons. The van der Waals surface area contributed by atoms with Gasteiger partial charge < -0.3 is 10.1 Å². The van der Waals surface area contributed by atoms with Crippen molar-refractivity contribution < 1.29 is 14.3 Å². The van der Waals surface area contributed by atoms with Crippen molar-refractivity contribution in [3.8, 4) is 6.07 Å². The molecule has 1 aromatic heterocycles. The van der Waals surface area contributed by atoms with E-state index in [9.17, 15) is 9.59 Å². The van der Waals surface area contributed by atoms with E-state index in [-0.39, 0.29) is 29.9 Å². The molecule has 2 amide bonds. The molecule has 1 N–H and O–H groups in total. The lowest BCUT2D eigenvalue weighted by Gasteiger charge is -2.18. The minimum atomic E-state index is -0.356. The molecule has 1 saturated carbocycles. The molecule has 2 heterocycles. The Kier molecular flexibility index (Phi) is 3.53. The van der Waals surface area contributed by atoms with Crippen LogP contribution < -0.4 is 10.2 Å². The summed E-state index contributed by atoms with van der Waals surface area (Å²) in [5.74, 6) is -0.162. The summed E-state index contributed by atoms with van der Waals surface area (Å²) in [5.41, 5.74) is 0.748. The van der Waals surface area contributed by atoms with Gasteiger partial charge in [0.25, 0.3) is 0 Å².